The smallest absolute Gasteiger partial charge is 0.254 e. The number of nitrogens with zero attached hydrogens (tertiary/aromatic N) is 1. The van der Waals surface area contributed by atoms with Crippen LogP contribution in [0.25, 0.3) is 0 Å². The van der Waals surface area contributed by atoms with Crippen molar-refractivity contribution in [1.29, 1.82) is 0 Å². The van der Waals surface area contributed by atoms with Gasteiger partial charge in [-0.3, -0.25) is 4.79 Å². The van der Waals surface area contributed by atoms with E-state index in [0.29, 0.717) is 5.92 Å². The highest BCUT2D eigenvalue weighted by Crippen LogP contribution is 2.23. The molecule has 0 spiro atoms. The summed E-state index contributed by atoms with van der Waals surface area (Å²) in [7, 11) is 0. The zero-order valence-electron chi connectivity index (χ0n) is 13.9. The molecule has 1 aliphatic heterocycles. The van der Waals surface area contributed by atoms with Crippen LogP contribution >= 0.6 is 0 Å². The fourth-order valence-electron chi connectivity index (χ4n) is 2.85. The molecule has 3 heteroatoms. The van der Waals surface area contributed by atoms with E-state index >= 15 is 0 Å². The van der Waals surface area contributed by atoms with Gasteiger partial charge in [-0.25, -0.2) is 0 Å². The van der Waals surface area contributed by atoms with E-state index in [1.165, 1.54) is 5.56 Å². The topological polar surface area (TPSA) is 32.3 Å². The lowest BCUT2D eigenvalue weighted by atomic mass is 9.86. The van der Waals surface area contributed by atoms with Crippen LogP contribution in [0.1, 0.15) is 50.5 Å². The number of carbonyl (C=O) groups excluding carboxylic acids is 1. The minimum atomic E-state index is 0.122. The van der Waals surface area contributed by atoms with Crippen LogP contribution in [0.15, 0.2) is 24.3 Å². The molecule has 0 bridgehead atoms. The Kier molecular flexibility index (Phi) is 4.72. The van der Waals surface area contributed by atoms with Crippen molar-refractivity contribution in [1.82, 2.24) is 10.2 Å². The van der Waals surface area contributed by atoms with E-state index < -0.39 is 0 Å². The fourth-order valence-corrected chi connectivity index (χ4v) is 2.85. The van der Waals surface area contributed by atoms with Gasteiger partial charge in [0.15, 0.2) is 0 Å². The molecule has 1 heterocycles. The van der Waals surface area contributed by atoms with Gasteiger partial charge in [-0.2, -0.15) is 0 Å². The third kappa shape index (κ3) is 3.65. The first-order valence-electron chi connectivity index (χ1n) is 7.93. The van der Waals surface area contributed by atoms with Crippen molar-refractivity contribution in [2.45, 2.75) is 46.1 Å². The molecule has 1 saturated heterocycles. The fraction of sp³-hybridized carbons (Fsp3) is 0.611. The second-order valence-electron chi connectivity index (χ2n) is 7.34. The maximum atomic E-state index is 12.8. The number of nitrogens with one attached hydrogen (secondary N) is 1. The average molecular weight is 288 g/mol. The summed E-state index contributed by atoms with van der Waals surface area (Å²) >= 11 is 0. The lowest BCUT2D eigenvalue weighted by Crippen LogP contribution is -2.55. The third-order valence-corrected chi connectivity index (χ3v) is 4.31. The Balaban J connectivity index is 2.19. The molecule has 0 saturated carbocycles. The summed E-state index contributed by atoms with van der Waals surface area (Å²) in [5, 5.41) is 3.39. The lowest BCUT2D eigenvalue weighted by molar-refractivity contribution is 0.0573. The highest BCUT2D eigenvalue weighted by molar-refractivity contribution is 5.94. The van der Waals surface area contributed by atoms with E-state index in [2.05, 4.69) is 52.1 Å². The molecule has 0 aliphatic carbocycles. The van der Waals surface area contributed by atoms with Crippen molar-refractivity contribution in [2.24, 2.45) is 5.92 Å². The van der Waals surface area contributed by atoms with Crippen LogP contribution in [0.2, 0.25) is 0 Å². The van der Waals surface area contributed by atoms with Gasteiger partial charge in [0.05, 0.1) is 0 Å². The quantitative estimate of drug-likeness (QED) is 0.907. The monoisotopic (exact) mass is 288 g/mol. The van der Waals surface area contributed by atoms with Crippen LogP contribution in [-0.2, 0) is 5.41 Å². The Morgan fingerprint density at radius 1 is 1.24 bits per heavy atom. The van der Waals surface area contributed by atoms with Crippen molar-refractivity contribution in [2.75, 3.05) is 19.6 Å². The van der Waals surface area contributed by atoms with Crippen LogP contribution in [0.5, 0.6) is 0 Å². The maximum Gasteiger partial charge on any atom is 0.254 e. The van der Waals surface area contributed by atoms with Gasteiger partial charge in [0.25, 0.3) is 5.91 Å². The van der Waals surface area contributed by atoms with Crippen LogP contribution in [0.3, 0.4) is 0 Å². The number of benzene rings is 1. The summed E-state index contributed by atoms with van der Waals surface area (Å²) < 4.78 is 0. The number of amides is 1. The zero-order chi connectivity index (χ0) is 15.6. The summed E-state index contributed by atoms with van der Waals surface area (Å²) in [6.07, 6.45) is 0. The number of piperazine rings is 1. The van der Waals surface area contributed by atoms with E-state index in [-0.39, 0.29) is 17.4 Å². The maximum absolute atomic E-state index is 12.8. The van der Waals surface area contributed by atoms with Gasteiger partial charge in [0.1, 0.15) is 0 Å². The molecule has 1 aliphatic rings. The van der Waals surface area contributed by atoms with Gasteiger partial charge in [0.2, 0.25) is 0 Å². The normalized spacial score (nSPS) is 19.9. The minimum Gasteiger partial charge on any atom is -0.333 e. The Hall–Kier alpha value is -1.35. The van der Waals surface area contributed by atoms with Gasteiger partial charge in [-0.05, 0) is 29.0 Å². The highest BCUT2D eigenvalue weighted by atomic mass is 16.2. The zero-order valence-corrected chi connectivity index (χ0v) is 13.9. The van der Waals surface area contributed by atoms with Crippen molar-refractivity contribution < 1.29 is 4.79 Å². The predicted octanol–water partition coefficient (Wildman–Crippen LogP) is 3.05. The van der Waals surface area contributed by atoms with Crippen LogP contribution < -0.4 is 5.32 Å². The Morgan fingerprint density at radius 3 is 2.38 bits per heavy atom. The van der Waals surface area contributed by atoms with E-state index in [0.717, 1.165) is 25.2 Å². The van der Waals surface area contributed by atoms with Gasteiger partial charge in [0, 0.05) is 31.2 Å². The molecule has 0 aromatic heterocycles. The molecular formula is C18H28N2O. The molecule has 116 valence electrons. The summed E-state index contributed by atoms with van der Waals surface area (Å²) in [5.74, 6) is 0.631. The standard InChI is InChI=1S/C18H28N2O/c1-13(2)16-12-19-10-11-20(16)17(21)14-6-8-15(9-7-14)18(3,4)5/h6-9,13,16,19H,10-12H2,1-5H3. The first kappa shape index (κ1) is 16.0. The summed E-state index contributed by atoms with van der Waals surface area (Å²) in [6, 6.07) is 8.40. The summed E-state index contributed by atoms with van der Waals surface area (Å²) in [6.45, 7) is 13.5. The van der Waals surface area contributed by atoms with Crippen molar-refractivity contribution in [3.8, 4) is 0 Å². The van der Waals surface area contributed by atoms with E-state index in [1.54, 1.807) is 0 Å². The molecule has 1 N–H and O–H groups in total. The Bertz CT molecular complexity index is 485. The SMILES string of the molecule is CC(C)C1CNCCN1C(=O)c1ccc(C(C)(C)C)cc1. The highest BCUT2D eigenvalue weighted by Gasteiger charge is 2.29. The third-order valence-electron chi connectivity index (χ3n) is 4.31. The molecule has 1 fully saturated rings. The van der Waals surface area contributed by atoms with Gasteiger partial charge < -0.3 is 10.2 Å². The molecule has 0 radical (unpaired) electrons. The van der Waals surface area contributed by atoms with Gasteiger partial charge >= 0.3 is 0 Å². The molecule has 21 heavy (non-hydrogen) atoms. The second kappa shape index (κ2) is 6.18. The predicted molar refractivity (Wildman–Crippen MR) is 87.7 cm³/mol. The van der Waals surface area contributed by atoms with Gasteiger partial charge in [-0.1, -0.05) is 46.8 Å². The minimum absolute atomic E-state index is 0.122. The van der Waals surface area contributed by atoms with Crippen LogP contribution in [0.4, 0.5) is 0 Å². The number of carbonyl (C=O) groups is 1. The Labute approximate surface area is 128 Å². The lowest BCUT2D eigenvalue weighted by Gasteiger charge is -2.38. The van der Waals surface area contributed by atoms with Crippen molar-refractivity contribution in [3.63, 3.8) is 0 Å². The number of hydrogen-bond acceptors (Lipinski definition) is 2. The average Bonchev–Trinajstić information content (AvgIpc) is 2.45. The molecule has 3 nitrogen and oxygen atoms in total. The van der Waals surface area contributed by atoms with Crippen molar-refractivity contribution in [3.05, 3.63) is 35.4 Å². The van der Waals surface area contributed by atoms with Crippen molar-refractivity contribution >= 4 is 5.91 Å². The second-order valence-corrected chi connectivity index (χ2v) is 7.34. The van der Waals surface area contributed by atoms with Crippen LogP contribution in [-0.4, -0.2) is 36.5 Å². The summed E-state index contributed by atoms with van der Waals surface area (Å²) in [5.41, 5.74) is 2.19. The van der Waals surface area contributed by atoms with E-state index in [4.69, 9.17) is 0 Å². The van der Waals surface area contributed by atoms with E-state index in [1.807, 2.05) is 17.0 Å². The molecule has 1 unspecified atom stereocenters. The Morgan fingerprint density at radius 2 is 1.86 bits per heavy atom. The van der Waals surface area contributed by atoms with Crippen LogP contribution in [0, 0.1) is 5.92 Å². The first-order chi connectivity index (χ1) is 9.80. The molecular weight excluding hydrogens is 260 g/mol. The molecule has 2 rings (SSSR count). The number of hydrogen-bond donors (Lipinski definition) is 1. The van der Waals surface area contributed by atoms with E-state index in [9.17, 15) is 4.79 Å². The summed E-state index contributed by atoms with van der Waals surface area (Å²) in [4.78, 5) is 14.8. The largest absolute Gasteiger partial charge is 0.333 e. The molecule has 1 atom stereocenters. The molecule has 1 amide bonds. The first-order valence-corrected chi connectivity index (χ1v) is 7.93. The number of rotatable bonds is 2. The van der Waals surface area contributed by atoms with Gasteiger partial charge in [-0.15, -0.1) is 0 Å². The molecule has 1 aromatic rings. The molecule has 1 aromatic carbocycles.